The third-order valence-electron chi connectivity index (χ3n) is 6.63. The van der Waals surface area contributed by atoms with Gasteiger partial charge in [-0.25, -0.2) is 18.6 Å². The number of ether oxygens (including phenoxy) is 1. The summed E-state index contributed by atoms with van der Waals surface area (Å²) in [5.74, 6) is -0.0713. The van der Waals surface area contributed by atoms with Crippen LogP contribution in [0.3, 0.4) is 0 Å². The summed E-state index contributed by atoms with van der Waals surface area (Å²) in [6.07, 6.45) is 3.29. The van der Waals surface area contributed by atoms with Crippen molar-refractivity contribution in [2.75, 3.05) is 11.9 Å². The lowest BCUT2D eigenvalue weighted by Gasteiger charge is -2.32. The first kappa shape index (κ1) is 23.4. The number of para-hydroxylation sites is 1. The Labute approximate surface area is 218 Å². The fourth-order valence-electron chi connectivity index (χ4n) is 5.02. The normalized spacial score (nSPS) is 14.7. The number of nitrogens with zero attached hydrogens (tertiary/aromatic N) is 5. The summed E-state index contributed by atoms with van der Waals surface area (Å²) < 4.78 is 8.60. The van der Waals surface area contributed by atoms with Crippen LogP contribution >= 0.6 is 0 Å². The summed E-state index contributed by atoms with van der Waals surface area (Å²) in [6, 6.07) is 22.6. The van der Waals surface area contributed by atoms with E-state index in [1.807, 2.05) is 67.6 Å². The van der Waals surface area contributed by atoms with Crippen LogP contribution in [-0.4, -0.2) is 36.7 Å². The van der Waals surface area contributed by atoms with E-state index < -0.39 is 11.9 Å². The maximum atomic E-state index is 14.2. The van der Waals surface area contributed by atoms with Gasteiger partial charge in [-0.15, -0.1) is 10.2 Å². The summed E-state index contributed by atoms with van der Waals surface area (Å²) in [5.41, 5.74) is 3.96. The van der Waals surface area contributed by atoms with Gasteiger partial charge in [-0.3, -0.25) is 4.98 Å². The highest BCUT2D eigenvalue weighted by Gasteiger charge is 2.38. The van der Waals surface area contributed by atoms with E-state index in [0.29, 0.717) is 45.4 Å². The number of fused-ring (bicyclic) bond motifs is 3. The Morgan fingerprint density at radius 2 is 1.66 bits per heavy atom. The Morgan fingerprint density at radius 1 is 0.974 bits per heavy atom. The van der Waals surface area contributed by atoms with Crippen LogP contribution in [-0.2, 0) is 9.53 Å². The van der Waals surface area contributed by atoms with Crippen LogP contribution in [0.2, 0.25) is 0 Å². The van der Waals surface area contributed by atoms with E-state index in [2.05, 4.69) is 20.5 Å². The number of rotatable bonds is 5. The molecular weight excluding hydrogens is 480 g/mol. The largest absolute Gasteiger partial charge is 0.463 e. The number of allylic oxidation sites excluding steroid dienone is 1. The van der Waals surface area contributed by atoms with Crippen molar-refractivity contribution in [2.45, 2.75) is 19.8 Å². The summed E-state index contributed by atoms with van der Waals surface area (Å²) >= 11 is 0. The highest BCUT2D eigenvalue weighted by atomic mass is 16.5. The topological polar surface area (TPSA) is 103 Å². The number of anilines is 1. The van der Waals surface area contributed by atoms with Gasteiger partial charge in [-0.05, 0) is 43.7 Å². The number of hydrogen-bond donors (Lipinski definition) is 1. The van der Waals surface area contributed by atoms with Gasteiger partial charge in [0, 0.05) is 23.7 Å². The first-order chi connectivity index (χ1) is 18.6. The van der Waals surface area contributed by atoms with Gasteiger partial charge >= 0.3 is 11.7 Å². The average molecular weight is 505 g/mol. The van der Waals surface area contributed by atoms with Crippen molar-refractivity contribution in [1.82, 2.24) is 24.1 Å². The molecule has 1 unspecified atom stereocenters. The fourth-order valence-corrected chi connectivity index (χ4v) is 5.02. The van der Waals surface area contributed by atoms with E-state index in [0.717, 1.165) is 5.56 Å². The van der Waals surface area contributed by atoms with Crippen molar-refractivity contribution in [3.8, 4) is 17.1 Å². The third-order valence-corrected chi connectivity index (χ3v) is 6.63. The van der Waals surface area contributed by atoms with Crippen LogP contribution in [0, 0.1) is 0 Å². The first-order valence-electron chi connectivity index (χ1n) is 12.3. The number of pyridine rings is 1. The zero-order chi connectivity index (χ0) is 26.2. The van der Waals surface area contributed by atoms with Crippen molar-refractivity contribution in [3.05, 3.63) is 118 Å². The van der Waals surface area contributed by atoms with E-state index in [-0.39, 0.29) is 12.3 Å². The van der Waals surface area contributed by atoms with Gasteiger partial charge in [0.1, 0.15) is 5.82 Å². The van der Waals surface area contributed by atoms with Crippen LogP contribution in [0.4, 0.5) is 5.82 Å². The molecule has 1 aliphatic heterocycles. The van der Waals surface area contributed by atoms with Crippen LogP contribution in [0.5, 0.6) is 0 Å². The summed E-state index contributed by atoms with van der Waals surface area (Å²) in [5, 5.41) is 12.3. The number of esters is 1. The molecule has 1 atom stereocenters. The Hall–Kier alpha value is -5.05. The van der Waals surface area contributed by atoms with Gasteiger partial charge in [0.05, 0.1) is 29.3 Å². The molecule has 0 fully saturated rings. The van der Waals surface area contributed by atoms with E-state index >= 15 is 0 Å². The molecule has 5 aromatic rings. The van der Waals surface area contributed by atoms with Crippen LogP contribution in [0.1, 0.15) is 30.9 Å². The highest BCUT2D eigenvalue weighted by Crippen LogP contribution is 2.44. The second-order valence-electron chi connectivity index (χ2n) is 8.86. The lowest BCUT2D eigenvalue weighted by molar-refractivity contribution is -0.138. The molecule has 2 aromatic carbocycles. The molecule has 9 nitrogen and oxygen atoms in total. The zero-order valence-electron chi connectivity index (χ0n) is 20.8. The van der Waals surface area contributed by atoms with Crippen molar-refractivity contribution < 1.29 is 9.53 Å². The van der Waals surface area contributed by atoms with Crippen molar-refractivity contribution >= 4 is 17.4 Å². The second kappa shape index (κ2) is 9.44. The Kier molecular flexibility index (Phi) is 5.80. The van der Waals surface area contributed by atoms with Crippen LogP contribution in [0.15, 0.2) is 101 Å². The predicted octanol–water partition coefficient (Wildman–Crippen LogP) is 4.34. The molecule has 1 N–H and O–H groups in total. The Bertz CT molecular complexity index is 1740. The van der Waals surface area contributed by atoms with Gasteiger partial charge in [0.15, 0.2) is 11.5 Å². The minimum atomic E-state index is -0.556. The SMILES string of the molecule is CCOC(=O)C1=C(C)Nc2c(c3nnc(-c4ccncc4)n3c(=O)n2-c2ccccc2)C1c1ccccc1. The quantitative estimate of drug-likeness (QED) is 0.355. The zero-order valence-corrected chi connectivity index (χ0v) is 20.8. The number of carbonyl (C=O) groups excluding carboxylic acids is 1. The smallest absolute Gasteiger partial charge is 0.341 e. The minimum absolute atomic E-state index is 0.236. The molecule has 6 rings (SSSR count). The molecule has 0 amide bonds. The monoisotopic (exact) mass is 504 g/mol. The molecule has 0 radical (unpaired) electrons. The number of benzene rings is 2. The Balaban J connectivity index is 1.76. The van der Waals surface area contributed by atoms with Crippen molar-refractivity contribution in [3.63, 3.8) is 0 Å². The molecule has 4 heterocycles. The Morgan fingerprint density at radius 3 is 2.34 bits per heavy atom. The van der Waals surface area contributed by atoms with E-state index in [4.69, 9.17) is 4.74 Å². The first-order valence-corrected chi connectivity index (χ1v) is 12.3. The van der Waals surface area contributed by atoms with Gasteiger partial charge in [0.2, 0.25) is 0 Å². The molecule has 0 aliphatic carbocycles. The molecule has 3 aromatic heterocycles. The lowest BCUT2D eigenvalue weighted by Crippen LogP contribution is -2.34. The lowest BCUT2D eigenvalue weighted by atomic mass is 9.82. The summed E-state index contributed by atoms with van der Waals surface area (Å²) in [6.45, 7) is 3.84. The second-order valence-corrected chi connectivity index (χ2v) is 8.86. The summed E-state index contributed by atoms with van der Waals surface area (Å²) in [4.78, 5) is 31.6. The third kappa shape index (κ3) is 3.67. The fraction of sp³-hybridized carbons (Fsp3) is 0.138. The molecule has 0 spiro atoms. The minimum Gasteiger partial charge on any atom is -0.463 e. The number of aromatic nitrogens is 5. The van der Waals surface area contributed by atoms with Crippen molar-refractivity contribution in [2.24, 2.45) is 0 Å². The maximum absolute atomic E-state index is 14.2. The van der Waals surface area contributed by atoms with Gasteiger partial charge in [-0.2, -0.15) is 0 Å². The number of carbonyl (C=O) groups is 1. The molecule has 9 heteroatoms. The van der Waals surface area contributed by atoms with Gasteiger partial charge < -0.3 is 10.1 Å². The predicted molar refractivity (Wildman–Crippen MR) is 143 cm³/mol. The molecule has 1 aliphatic rings. The summed E-state index contributed by atoms with van der Waals surface area (Å²) in [7, 11) is 0. The van der Waals surface area contributed by atoms with E-state index in [1.54, 1.807) is 36.0 Å². The molecule has 38 heavy (non-hydrogen) atoms. The molecule has 0 saturated heterocycles. The van der Waals surface area contributed by atoms with Crippen LogP contribution < -0.4 is 11.0 Å². The van der Waals surface area contributed by atoms with Gasteiger partial charge in [0.25, 0.3) is 0 Å². The van der Waals surface area contributed by atoms with E-state index in [9.17, 15) is 9.59 Å². The number of nitrogens with one attached hydrogen (secondary N) is 1. The average Bonchev–Trinajstić information content (AvgIpc) is 3.40. The highest BCUT2D eigenvalue weighted by molar-refractivity contribution is 5.95. The van der Waals surface area contributed by atoms with Gasteiger partial charge in [-0.1, -0.05) is 48.5 Å². The number of hydrogen-bond acceptors (Lipinski definition) is 7. The maximum Gasteiger partial charge on any atom is 0.341 e. The standard InChI is InChI=1S/C29H24N6O3/c1-3-38-28(36)22-18(2)31-26-24(23(22)19-10-6-4-7-11-19)27-33-32-25(20-14-16-30-17-15-20)35(27)29(37)34(26)21-12-8-5-9-13-21/h4-17,23,31H,3H2,1-2H3. The van der Waals surface area contributed by atoms with Crippen molar-refractivity contribution in [1.29, 1.82) is 0 Å². The molecular formula is C29H24N6O3. The molecule has 0 bridgehead atoms. The molecule has 188 valence electrons. The van der Waals surface area contributed by atoms with Crippen LogP contribution in [0.25, 0.3) is 22.7 Å². The van der Waals surface area contributed by atoms with E-state index in [1.165, 1.54) is 4.40 Å². The molecule has 0 saturated carbocycles.